The van der Waals surface area contributed by atoms with E-state index >= 15 is 0 Å². The van der Waals surface area contributed by atoms with Gasteiger partial charge in [0.05, 0.1) is 7.85 Å². The summed E-state index contributed by atoms with van der Waals surface area (Å²) in [5.74, 6) is 0.0966. The summed E-state index contributed by atoms with van der Waals surface area (Å²) in [6.07, 6.45) is 1.38. The lowest BCUT2D eigenvalue weighted by molar-refractivity contribution is -0.121. The summed E-state index contributed by atoms with van der Waals surface area (Å²) in [6.45, 7) is 4.93. The molecule has 0 aromatic rings. The Hall–Kier alpha value is -0.595. The van der Waals surface area contributed by atoms with E-state index in [1.165, 1.54) is 6.92 Å². The molecule has 0 N–H and O–H groups in total. The Kier molecular flexibility index (Phi) is 4.22. The van der Waals surface area contributed by atoms with Gasteiger partial charge in [0.25, 0.3) is 0 Å². The van der Waals surface area contributed by atoms with E-state index in [0.29, 0.717) is 19.3 Å². The Morgan fingerprint density at radius 2 is 1.92 bits per heavy atom. The highest BCUT2D eigenvalue weighted by Gasteiger charge is 2.23. The zero-order chi connectivity index (χ0) is 9.78. The standard InChI is InChI=1S/C9H15BO2/c1-4-8(12)5-6-9(3,10)7(2)11/h4-6H2,1-3H3. The van der Waals surface area contributed by atoms with E-state index in [4.69, 9.17) is 7.85 Å². The molecular weight excluding hydrogens is 151 g/mol. The third-order valence-electron chi connectivity index (χ3n) is 2.12. The Morgan fingerprint density at radius 3 is 2.25 bits per heavy atom. The number of hydrogen-bond acceptors (Lipinski definition) is 2. The van der Waals surface area contributed by atoms with E-state index in [1.807, 2.05) is 6.92 Å². The molecule has 0 bridgehead atoms. The van der Waals surface area contributed by atoms with Crippen molar-refractivity contribution >= 4 is 19.4 Å². The van der Waals surface area contributed by atoms with Crippen LogP contribution in [-0.2, 0) is 9.59 Å². The second-order valence-electron chi connectivity index (χ2n) is 3.37. The highest BCUT2D eigenvalue weighted by Crippen LogP contribution is 2.28. The van der Waals surface area contributed by atoms with Gasteiger partial charge in [0.1, 0.15) is 11.6 Å². The molecule has 66 valence electrons. The SMILES string of the molecule is [B]C(C)(CCC(=O)CC)C(C)=O. The summed E-state index contributed by atoms with van der Waals surface area (Å²) < 4.78 is 0. The maximum atomic E-state index is 10.9. The molecule has 0 rings (SSSR count). The molecule has 0 aliphatic carbocycles. The molecule has 2 nitrogen and oxygen atoms in total. The van der Waals surface area contributed by atoms with Gasteiger partial charge in [-0.15, -0.1) is 0 Å². The average Bonchev–Trinajstić information content (AvgIpc) is 2.00. The van der Waals surface area contributed by atoms with Gasteiger partial charge in [-0.05, 0) is 18.7 Å². The summed E-state index contributed by atoms with van der Waals surface area (Å²) in [7, 11) is 5.66. The molecule has 0 amide bonds. The molecule has 0 spiro atoms. The molecule has 0 heterocycles. The average molecular weight is 166 g/mol. The van der Waals surface area contributed by atoms with Crippen molar-refractivity contribution in [3.63, 3.8) is 0 Å². The molecule has 0 fully saturated rings. The van der Waals surface area contributed by atoms with Gasteiger partial charge in [0.2, 0.25) is 0 Å². The van der Waals surface area contributed by atoms with Crippen LogP contribution in [-0.4, -0.2) is 19.4 Å². The summed E-state index contributed by atoms with van der Waals surface area (Å²) in [5.41, 5.74) is 0. The van der Waals surface area contributed by atoms with Crippen LogP contribution in [0, 0.1) is 0 Å². The summed E-state index contributed by atoms with van der Waals surface area (Å²) in [4.78, 5) is 21.8. The molecule has 3 heteroatoms. The van der Waals surface area contributed by atoms with Gasteiger partial charge in [-0.3, -0.25) is 4.79 Å². The van der Waals surface area contributed by atoms with E-state index in [0.717, 1.165) is 0 Å². The van der Waals surface area contributed by atoms with Gasteiger partial charge in [-0.1, -0.05) is 13.8 Å². The summed E-state index contributed by atoms with van der Waals surface area (Å²) in [5, 5.41) is -0.829. The van der Waals surface area contributed by atoms with Crippen molar-refractivity contribution in [3.8, 4) is 0 Å². The fourth-order valence-electron chi connectivity index (χ4n) is 0.752. The molecule has 0 aromatic carbocycles. The van der Waals surface area contributed by atoms with Gasteiger partial charge in [0, 0.05) is 12.8 Å². The van der Waals surface area contributed by atoms with E-state index < -0.39 is 5.31 Å². The first-order valence-electron chi connectivity index (χ1n) is 4.21. The van der Waals surface area contributed by atoms with E-state index in [2.05, 4.69) is 0 Å². The molecule has 1 unspecified atom stereocenters. The molecular formula is C9H15BO2. The largest absolute Gasteiger partial charge is 0.300 e. The number of ketones is 2. The first-order chi connectivity index (χ1) is 5.40. The van der Waals surface area contributed by atoms with Gasteiger partial charge < -0.3 is 4.79 Å². The lowest BCUT2D eigenvalue weighted by Gasteiger charge is -2.20. The molecule has 0 aliphatic heterocycles. The van der Waals surface area contributed by atoms with Crippen LogP contribution < -0.4 is 0 Å². The lowest BCUT2D eigenvalue weighted by atomic mass is 9.65. The second-order valence-corrected chi connectivity index (χ2v) is 3.37. The molecule has 12 heavy (non-hydrogen) atoms. The quantitative estimate of drug-likeness (QED) is 0.582. The highest BCUT2D eigenvalue weighted by atomic mass is 16.1. The van der Waals surface area contributed by atoms with Crippen molar-refractivity contribution in [3.05, 3.63) is 0 Å². The summed E-state index contributed by atoms with van der Waals surface area (Å²) in [6, 6.07) is 0. The predicted molar refractivity (Wildman–Crippen MR) is 49.3 cm³/mol. The van der Waals surface area contributed by atoms with Crippen LogP contribution in [0.1, 0.15) is 40.0 Å². The fourth-order valence-corrected chi connectivity index (χ4v) is 0.752. The van der Waals surface area contributed by atoms with Crippen LogP contribution in [0.4, 0.5) is 0 Å². The Bertz CT molecular complexity index is 185. The van der Waals surface area contributed by atoms with Crippen molar-refractivity contribution in [2.24, 2.45) is 0 Å². The Labute approximate surface area is 75.1 Å². The van der Waals surface area contributed by atoms with Crippen LogP contribution in [0.3, 0.4) is 0 Å². The monoisotopic (exact) mass is 166 g/mol. The summed E-state index contributed by atoms with van der Waals surface area (Å²) >= 11 is 0. The maximum Gasteiger partial charge on any atom is 0.132 e. The van der Waals surface area contributed by atoms with E-state index in [1.54, 1.807) is 6.92 Å². The molecule has 1 atom stereocenters. The smallest absolute Gasteiger partial charge is 0.132 e. The van der Waals surface area contributed by atoms with Crippen molar-refractivity contribution < 1.29 is 9.59 Å². The van der Waals surface area contributed by atoms with Gasteiger partial charge in [0.15, 0.2) is 0 Å². The second kappa shape index (κ2) is 4.44. The number of hydrogen-bond donors (Lipinski definition) is 0. The minimum Gasteiger partial charge on any atom is -0.300 e. The number of Topliss-reactive ketones (excluding diaryl/α,β-unsaturated/α-hetero) is 2. The predicted octanol–water partition coefficient (Wildman–Crippen LogP) is 1.68. The highest BCUT2D eigenvalue weighted by molar-refractivity contribution is 6.27. The van der Waals surface area contributed by atoms with Crippen LogP contribution in [0.5, 0.6) is 0 Å². The number of rotatable bonds is 5. The van der Waals surface area contributed by atoms with E-state index in [9.17, 15) is 9.59 Å². The van der Waals surface area contributed by atoms with Crippen molar-refractivity contribution in [2.45, 2.75) is 45.3 Å². The number of carbonyl (C=O) groups is 2. The first kappa shape index (κ1) is 11.4. The molecule has 2 radical (unpaired) electrons. The molecule has 0 saturated heterocycles. The van der Waals surface area contributed by atoms with Crippen molar-refractivity contribution in [1.82, 2.24) is 0 Å². The molecule has 0 aliphatic rings. The Morgan fingerprint density at radius 1 is 1.42 bits per heavy atom. The van der Waals surface area contributed by atoms with Crippen molar-refractivity contribution in [1.29, 1.82) is 0 Å². The normalized spacial score (nSPS) is 15.2. The van der Waals surface area contributed by atoms with Gasteiger partial charge in [-0.25, -0.2) is 0 Å². The zero-order valence-electron chi connectivity index (χ0n) is 8.02. The molecule has 0 aromatic heterocycles. The molecule has 0 saturated carbocycles. The Balaban J connectivity index is 3.92. The fraction of sp³-hybridized carbons (Fsp3) is 0.778. The topological polar surface area (TPSA) is 34.1 Å². The van der Waals surface area contributed by atoms with Gasteiger partial charge in [-0.2, -0.15) is 0 Å². The lowest BCUT2D eigenvalue weighted by Crippen LogP contribution is -2.19. The minimum atomic E-state index is -0.829. The van der Waals surface area contributed by atoms with Crippen molar-refractivity contribution in [2.75, 3.05) is 0 Å². The van der Waals surface area contributed by atoms with Gasteiger partial charge >= 0.3 is 0 Å². The number of carbonyl (C=O) groups excluding carboxylic acids is 2. The van der Waals surface area contributed by atoms with Crippen LogP contribution >= 0.6 is 0 Å². The minimum absolute atomic E-state index is 0.0635. The van der Waals surface area contributed by atoms with E-state index in [-0.39, 0.29) is 11.6 Å². The third kappa shape index (κ3) is 3.70. The third-order valence-corrected chi connectivity index (χ3v) is 2.12. The zero-order valence-corrected chi connectivity index (χ0v) is 8.02. The van der Waals surface area contributed by atoms with Crippen LogP contribution in [0.2, 0.25) is 5.31 Å². The van der Waals surface area contributed by atoms with Crippen LogP contribution in [0.15, 0.2) is 0 Å². The maximum absolute atomic E-state index is 10.9. The van der Waals surface area contributed by atoms with Crippen LogP contribution in [0.25, 0.3) is 0 Å². The first-order valence-corrected chi connectivity index (χ1v) is 4.21.